The van der Waals surface area contributed by atoms with Gasteiger partial charge in [-0.15, -0.1) is 12.4 Å². The number of hydrogen-bond donors (Lipinski definition) is 1. The second-order valence-corrected chi connectivity index (χ2v) is 5.08. The number of benzene rings is 1. The van der Waals surface area contributed by atoms with Crippen molar-refractivity contribution in [2.24, 2.45) is 11.7 Å². The Hall–Kier alpha value is -1.06. The number of carbonyl (C=O) groups excluding carboxylic acids is 1. The summed E-state index contributed by atoms with van der Waals surface area (Å²) in [5, 5.41) is 0. The van der Waals surface area contributed by atoms with E-state index in [-0.39, 0.29) is 25.0 Å². The first-order valence-electron chi connectivity index (χ1n) is 5.92. The molecule has 0 heterocycles. The minimum absolute atomic E-state index is 0. The van der Waals surface area contributed by atoms with Gasteiger partial charge in [0.2, 0.25) is 0 Å². The van der Waals surface area contributed by atoms with Crippen molar-refractivity contribution >= 4 is 18.4 Å². The number of nitrogens with two attached hydrogens (primary N) is 1. The van der Waals surface area contributed by atoms with Gasteiger partial charge in [-0.05, 0) is 24.8 Å². The second kappa shape index (κ2) is 7.39. The number of carbonyl (C=O) groups is 1. The van der Waals surface area contributed by atoms with E-state index in [1.165, 1.54) is 0 Å². The molecule has 2 N–H and O–H groups in total. The molecule has 0 aliphatic rings. The van der Waals surface area contributed by atoms with E-state index in [2.05, 4.69) is 0 Å². The average Bonchev–Trinajstić information content (AvgIpc) is 2.25. The molecule has 0 spiro atoms. The highest BCUT2D eigenvalue weighted by molar-refractivity contribution is 5.85. The molecule has 0 amide bonds. The fraction of sp³-hybridized carbons (Fsp3) is 0.500. The van der Waals surface area contributed by atoms with Crippen LogP contribution in [0, 0.1) is 5.92 Å². The maximum Gasteiger partial charge on any atom is 0.326 e. The van der Waals surface area contributed by atoms with Crippen molar-refractivity contribution in [1.82, 2.24) is 0 Å². The van der Waals surface area contributed by atoms with Crippen LogP contribution in [0.3, 0.4) is 0 Å². The molecule has 1 atom stereocenters. The Bertz CT molecular complexity index is 363. The van der Waals surface area contributed by atoms with Crippen LogP contribution in [-0.4, -0.2) is 11.5 Å². The van der Waals surface area contributed by atoms with Crippen LogP contribution >= 0.6 is 12.4 Å². The largest absolute Gasteiger partial charge is 0.459 e. The molecule has 102 valence electrons. The fourth-order valence-electron chi connectivity index (χ4n) is 1.82. The molecule has 1 rings (SSSR count). The molecular weight excluding hydrogens is 250 g/mol. The number of ether oxygens (including phenoxy) is 1. The van der Waals surface area contributed by atoms with Crippen LogP contribution in [0.5, 0.6) is 0 Å². The SMILES string of the molecule is CC(C)CC(C)(N)C(=O)OCc1ccccc1.Cl. The highest BCUT2D eigenvalue weighted by Crippen LogP contribution is 2.16. The van der Waals surface area contributed by atoms with E-state index in [4.69, 9.17) is 10.5 Å². The zero-order valence-electron chi connectivity index (χ0n) is 11.2. The van der Waals surface area contributed by atoms with Gasteiger partial charge in [0.1, 0.15) is 12.1 Å². The Kier molecular flexibility index (Phi) is 6.96. The van der Waals surface area contributed by atoms with Gasteiger partial charge in [0.25, 0.3) is 0 Å². The number of hydrogen-bond acceptors (Lipinski definition) is 3. The highest BCUT2D eigenvalue weighted by atomic mass is 35.5. The molecule has 1 unspecified atom stereocenters. The van der Waals surface area contributed by atoms with E-state index >= 15 is 0 Å². The summed E-state index contributed by atoms with van der Waals surface area (Å²) in [6.07, 6.45) is 0.626. The second-order valence-electron chi connectivity index (χ2n) is 5.08. The van der Waals surface area contributed by atoms with Gasteiger partial charge in [0, 0.05) is 0 Å². The maximum absolute atomic E-state index is 11.8. The van der Waals surface area contributed by atoms with Gasteiger partial charge in [-0.1, -0.05) is 44.2 Å². The zero-order chi connectivity index (χ0) is 12.9. The van der Waals surface area contributed by atoms with Gasteiger partial charge < -0.3 is 10.5 Å². The summed E-state index contributed by atoms with van der Waals surface area (Å²) < 4.78 is 5.23. The van der Waals surface area contributed by atoms with Crippen LogP contribution in [0.1, 0.15) is 32.8 Å². The third-order valence-corrected chi connectivity index (χ3v) is 2.51. The molecular formula is C14H22ClNO2. The first kappa shape index (κ1) is 16.9. The van der Waals surface area contributed by atoms with Gasteiger partial charge in [0.15, 0.2) is 0 Å². The normalized spacial score (nSPS) is 13.6. The summed E-state index contributed by atoms with van der Waals surface area (Å²) in [4.78, 5) is 11.8. The molecule has 0 saturated carbocycles. The predicted molar refractivity (Wildman–Crippen MR) is 75.5 cm³/mol. The lowest BCUT2D eigenvalue weighted by Gasteiger charge is -2.24. The van der Waals surface area contributed by atoms with Crippen molar-refractivity contribution in [3.05, 3.63) is 35.9 Å². The molecule has 0 aromatic heterocycles. The number of rotatable bonds is 5. The molecule has 3 nitrogen and oxygen atoms in total. The smallest absolute Gasteiger partial charge is 0.326 e. The number of halogens is 1. The Morgan fingerprint density at radius 3 is 2.39 bits per heavy atom. The molecule has 0 radical (unpaired) electrons. The van der Waals surface area contributed by atoms with Crippen molar-refractivity contribution < 1.29 is 9.53 Å². The van der Waals surface area contributed by atoms with Crippen LogP contribution in [0.2, 0.25) is 0 Å². The summed E-state index contributed by atoms with van der Waals surface area (Å²) in [7, 11) is 0. The lowest BCUT2D eigenvalue weighted by atomic mass is 9.92. The quantitative estimate of drug-likeness (QED) is 0.838. The molecule has 0 aliphatic carbocycles. The van der Waals surface area contributed by atoms with Crippen LogP contribution in [0.4, 0.5) is 0 Å². The monoisotopic (exact) mass is 271 g/mol. The van der Waals surface area contributed by atoms with Crippen molar-refractivity contribution in [2.45, 2.75) is 39.3 Å². The minimum Gasteiger partial charge on any atom is -0.459 e. The Morgan fingerprint density at radius 1 is 1.33 bits per heavy atom. The van der Waals surface area contributed by atoms with Crippen molar-refractivity contribution in [1.29, 1.82) is 0 Å². The van der Waals surface area contributed by atoms with Gasteiger partial charge >= 0.3 is 5.97 Å². The maximum atomic E-state index is 11.8. The van der Waals surface area contributed by atoms with Crippen LogP contribution < -0.4 is 5.73 Å². The first-order valence-corrected chi connectivity index (χ1v) is 5.92. The lowest BCUT2D eigenvalue weighted by molar-refractivity contribution is -0.151. The van der Waals surface area contributed by atoms with Crippen LogP contribution in [0.25, 0.3) is 0 Å². The van der Waals surface area contributed by atoms with E-state index in [9.17, 15) is 4.79 Å². The van der Waals surface area contributed by atoms with Gasteiger partial charge in [-0.2, -0.15) is 0 Å². The van der Waals surface area contributed by atoms with Crippen LogP contribution in [0.15, 0.2) is 30.3 Å². The third kappa shape index (κ3) is 5.52. The molecule has 0 fully saturated rings. The topological polar surface area (TPSA) is 52.3 Å². The Balaban J connectivity index is 0.00000289. The lowest BCUT2D eigenvalue weighted by Crippen LogP contribution is -2.47. The van der Waals surface area contributed by atoms with E-state index in [1.54, 1.807) is 6.92 Å². The average molecular weight is 272 g/mol. The van der Waals surface area contributed by atoms with Crippen LogP contribution in [-0.2, 0) is 16.1 Å². The zero-order valence-corrected chi connectivity index (χ0v) is 12.0. The minimum atomic E-state index is -0.900. The summed E-state index contributed by atoms with van der Waals surface area (Å²) in [5.41, 5.74) is 6.02. The molecule has 0 aliphatic heterocycles. The summed E-state index contributed by atoms with van der Waals surface area (Å²) in [6.45, 7) is 6.08. The molecule has 4 heteroatoms. The van der Waals surface area contributed by atoms with Gasteiger partial charge in [-0.3, -0.25) is 4.79 Å². The summed E-state index contributed by atoms with van der Waals surface area (Å²) in [6, 6.07) is 9.60. The standard InChI is InChI=1S/C14H21NO2.ClH/c1-11(2)9-14(3,15)13(16)17-10-12-7-5-4-6-8-12;/h4-8,11H,9-10,15H2,1-3H3;1H. The van der Waals surface area contributed by atoms with E-state index < -0.39 is 5.54 Å². The molecule has 1 aromatic rings. The van der Waals surface area contributed by atoms with Gasteiger partial charge in [0.05, 0.1) is 0 Å². The third-order valence-electron chi connectivity index (χ3n) is 2.51. The first-order chi connectivity index (χ1) is 7.92. The molecule has 0 saturated heterocycles. The van der Waals surface area contributed by atoms with E-state index in [0.29, 0.717) is 12.3 Å². The van der Waals surface area contributed by atoms with E-state index in [1.807, 2.05) is 44.2 Å². The summed E-state index contributed by atoms with van der Waals surface area (Å²) >= 11 is 0. The van der Waals surface area contributed by atoms with E-state index in [0.717, 1.165) is 5.56 Å². The molecule has 0 bridgehead atoms. The molecule has 18 heavy (non-hydrogen) atoms. The fourth-order valence-corrected chi connectivity index (χ4v) is 1.82. The van der Waals surface area contributed by atoms with Gasteiger partial charge in [-0.25, -0.2) is 0 Å². The predicted octanol–water partition coefficient (Wildman–Crippen LogP) is 2.92. The molecule has 1 aromatic carbocycles. The number of esters is 1. The summed E-state index contributed by atoms with van der Waals surface area (Å²) in [5.74, 6) is 0.0318. The highest BCUT2D eigenvalue weighted by Gasteiger charge is 2.30. The Labute approximate surface area is 115 Å². The Morgan fingerprint density at radius 2 is 1.89 bits per heavy atom. The van der Waals surface area contributed by atoms with Crippen molar-refractivity contribution in [2.75, 3.05) is 0 Å². The van der Waals surface area contributed by atoms with Crippen molar-refractivity contribution in [3.8, 4) is 0 Å². The van der Waals surface area contributed by atoms with Crippen molar-refractivity contribution in [3.63, 3.8) is 0 Å².